The van der Waals surface area contributed by atoms with E-state index in [-0.39, 0.29) is 18.6 Å². The summed E-state index contributed by atoms with van der Waals surface area (Å²) in [6, 6.07) is 1.51. The number of carbonyl (C=O) groups is 1. The fraction of sp³-hybridized carbons (Fsp3) is 0.273. The standard InChI is InChI=1S/C11H12N2O3S/c1-7(4-14)12-10(15)9-6-17-11(13-9)8-2-3-16-5-8/h2-3,5-7,14H,4H2,1H3,(H,12,15). The van der Waals surface area contributed by atoms with E-state index >= 15 is 0 Å². The second-order valence-electron chi connectivity index (χ2n) is 3.61. The Labute approximate surface area is 102 Å². The molecule has 5 nitrogen and oxygen atoms in total. The summed E-state index contributed by atoms with van der Waals surface area (Å²) in [5.74, 6) is -0.280. The molecule has 17 heavy (non-hydrogen) atoms. The summed E-state index contributed by atoms with van der Waals surface area (Å²) in [7, 11) is 0. The van der Waals surface area contributed by atoms with Crippen molar-refractivity contribution in [3.05, 3.63) is 29.7 Å². The van der Waals surface area contributed by atoms with Gasteiger partial charge in [0.15, 0.2) is 0 Å². The van der Waals surface area contributed by atoms with Gasteiger partial charge in [-0.05, 0) is 13.0 Å². The first kappa shape index (κ1) is 11.8. The van der Waals surface area contributed by atoms with Crippen LogP contribution in [0.2, 0.25) is 0 Å². The predicted octanol–water partition coefficient (Wildman–Crippen LogP) is 1.51. The molecule has 0 aliphatic rings. The van der Waals surface area contributed by atoms with Crippen LogP contribution >= 0.6 is 11.3 Å². The van der Waals surface area contributed by atoms with Crippen LogP contribution in [0.4, 0.5) is 0 Å². The third-order valence-corrected chi connectivity index (χ3v) is 3.05. The van der Waals surface area contributed by atoms with Gasteiger partial charge in [-0.1, -0.05) is 0 Å². The summed E-state index contributed by atoms with van der Waals surface area (Å²) in [6.07, 6.45) is 3.14. The molecule has 0 bridgehead atoms. The normalized spacial score (nSPS) is 12.4. The van der Waals surface area contributed by atoms with Crippen molar-refractivity contribution >= 4 is 17.2 Å². The highest BCUT2D eigenvalue weighted by atomic mass is 32.1. The Hall–Kier alpha value is -1.66. The number of hydrogen-bond acceptors (Lipinski definition) is 5. The fourth-order valence-electron chi connectivity index (χ4n) is 1.24. The molecule has 0 aliphatic carbocycles. The molecule has 2 aromatic heterocycles. The number of amides is 1. The van der Waals surface area contributed by atoms with Gasteiger partial charge in [-0.2, -0.15) is 0 Å². The fourth-order valence-corrected chi connectivity index (χ4v) is 2.03. The molecule has 0 saturated heterocycles. The summed E-state index contributed by atoms with van der Waals surface area (Å²) < 4.78 is 4.95. The average Bonchev–Trinajstić information content (AvgIpc) is 2.98. The van der Waals surface area contributed by atoms with Gasteiger partial charge in [0.2, 0.25) is 0 Å². The first-order valence-electron chi connectivity index (χ1n) is 5.10. The maximum atomic E-state index is 11.7. The van der Waals surface area contributed by atoms with E-state index < -0.39 is 0 Å². The van der Waals surface area contributed by atoms with Gasteiger partial charge in [-0.15, -0.1) is 11.3 Å². The number of nitrogens with one attached hydrogen (secondary N) is 1. The monoisotopic (exact) mass is 252 g/mol. The molecule has 2 heterocycles. The van der Waals surface area contributed by atoms with Crippen molar-refractivity contribution in [1.29, 1.82) is 0 Å². The number of hydrogen-bond donors (Lipinski definition) is 2. The van der Waals surface area contributed by atoms with E-state index in [1.165, 1.54) is 11.3 Å². The van der Waals surface area contributed by atoms with Gasteiger partial charge in [0, 0.05) is 17.0 Å². The second-order valence-corrected chi connectivity index (χ2v) is 4.47. The van der Waals surface area contributed by atoms with Crippen molar-refractivity contribution in [3.8, 4) is 10.6 Å². The van der Waals surface area contributed by atoms with Gasteiger partial charge >= 0.3 is 0 Å². The van der Waals surface area contributed by atoms with Crippen molar-refractivity contribution in [2.75, 3.05) is 6.61 Å². The van der Waals surface area contributed by atoms with Crippen molar-refractivity contribution in [2.45, 2.75) is 13.0 Å². The molecule has 2 aromatic rings. The Morgan fingerprint density at radius 1 is 1.71 bits per heavy atom. The molecule has 0 aliphatic heterocycles. The number of aliphatic hydroxyl groups excluding tert-OH is 1. The Morgan fingerprint density at radius 3 is 3.18 bits per heavy atom. The highest BCUT2D eigenvalue weighted by Gasteiger charge is 2.13. The zero-order valence-electron chi connectivity index (χ0n) is 9.21. The number of rotatable bonds is 4. The van der Waals surface area contributed by atoms with Gasteiger partial charge in [-0.3, -0.25) is 4.79 Å². The van der Waals surface area contributed by atoms with Gasteiger partial charge in [-0.25, -0.2) is 4.98 Å². The third kappa shape index (κ3) is 2.72. The summed E-state index contributed by atoms with van der Waals surface area (Å²) in [5, 5.41) is 13.9. The minimum absolute atomic E-state index is 0.0928. The molecule has 2 rings (SSSR count). The minimum Gasteiger partial charge on any atom is -0.472 e. The van der Waals surface area contributed by atoms with Crippen LogP contribution in [0, 0.1) is 0 Å². The van der Waals surface area contributed by atoms with Crippen molar-refractivity contribution in [1.82, 2.24) is 10.3 Å². The molecular formula is C11H12N2O3S. The second kappa shape index (κ2) is 5.11. The van der Waals surface area contributed by atoms with Gasteiger partial charge in [0.1, 0.15) is 17.0 Å². The van der Waals surface area contributed by atoms with E-state index in [1.807, 2.05) is 0 Å². The molecule has 1 unspecified atom stereocenters. The van der Waals surface area contributed by atoms with Gasteiger partial charge in [0.05, 0.1) is 12.9 Å². The molecular weight excluding hydrogens is 240 g/mol. The number of nitrogens with zero attached hydrogens (tertiary/aromatic N) is 1. The lowest BCUT2D eigenvalue weighted by Gasteiger charge is -2.08. The van der Waals surface area contributed by atoms with E-state index in [0.717, 1.165) is 10.6 Å². The SMILES string of the molecule is CC(CO)NC(=O)c1csc(-c2ccoc2)n1. The predicted molar refractivity (Wildman–Crippen MR) is 63.8 cm³/mol. The third-order valence-electron chi connectivity index (χ3n) is 2.16. The van der Waals surface area contributed by atoms with Crippen LogP contribution in [-0.4, -0.2) is 28.6 Å². The van der Waals surface area contributed by atoms with Crippen molar-refractivity contribution in [3.63, 3.8) is 0 Å². The molecule has 0 aromatic carbocycles. The molecule has 0 saturated carbocycles. The van der Waals surface area contributed by atoms with E-state index in [9.17, 15) is 4.79 Å². The van der Waals surface area contributed by atoms with Crippen molar-refractivity contribution in [2.24, 2.45) is 0 Å². The molecule has 0 fully saturated rings. The molecule has 0 spiro atoms. The largest absolute Gasteiger partial charge is 0.472 e. The van der Waals surface area contributed by atoms with E-state index in [4.69, 9.17) is 9.52 Å². The molecule has 6 heteroatoms. The number of thiazole rings is 1. The lowest BCUT2D eigenvalue weighted by molar-refractivity contribution is 0.0918. The molecule has 0 radical (unpaired) electrons. The van der Waals surface area contributed by atoms with Gasteiger partial charge in [0.25, 0.3) is 5.91 Å². The molecule has 2 N–H and O–H groups in total. The number of aromatic nitrogens is 1. The van der Waals surface area contributed by atoms with Crippen LogP contribution in [0.5, 0.6) is 0 Å². The zero-order valence-corrected chi connectivity index (χ0v) is 10.0. The molecule has 1 atom stereocenters. The van der Waals surface area contributed by atoms with E-state index in [1.54, 1.807) is 30.9 Å². The number of aliphatic hydroxyl groups is 1. The Morgan fingerprint density at radius 2 is 2.53 bits per heavy atom. The smallest absolute Gasteiger partial charge is 0.271 e. The van der Waals surface area contributed by atoms with Crippen LogP contribution < -0.4 is 5.32 Å². The summed E-state index contributed by atoms with van der Waals surface area (Å²) in [4.78, 5) is 15.9. The van der Waals surface area contributed by atoms with Crippen LogP contribution in [0.3, 0.4) is 0 Å². The maximum Gasteiger partial charge on any atom is 0.271 e. The van der Waals surface area contributed by atoms with E-state index in [0.29, 0.717) is 5.69 Å². The Kier molecular flexibility index (Phi) is 3.55. The van der Waals surface area contributed by atoms with Gasteiger partial charge < -0.3 is 14.8 Å². The maximum absolute atomic E-state index is 11.7. The minimum atomic E-state index is -0.280. The topological polar surface area (TPSA) is 75.4 Å². The lowest BCUT2D eigenvalue weighted by Crippen LogP contribution is -2.35. The molecule has 1 amide bonds. The molecule has 90 valence electrons. The van der Waals surface area contributed by atoms with Crippen molar-refractivity contribution < 1.29 is 14.3 Å². The zero-order chi connectivity index (χ0) is 12.3. The highest BCUT2D eigenvalue weighted by Crippen LogP contribution is 2.23. The number of carbonyl (C=O) groups excluding carboxylic acids is 1. The summed E-state index contributed by atoms with van der Waals surface area (Å²) >= 11 is 1.38. The van der Waals surface area contributed by atoms with Crippen LogP contribution in [0.15, 0.2) is 28.4 Å². The Bertz CT molecular complexity index is 493. The van der Waals surface area contributed by atoms with Crippen LogP contribution in [-0.2, 0) is 0 Å². The first-order chi connectivity index (χ1) is 8.20. The van der Waals surface area contributed by atoms with E-state index in [2.05, 4.69) is 10.3 Å². The highest BCUT2D eigenvalue weighted by molar-refractivity contribution is 7.13. The summed E-state index contributed by atoms with van der Waals surface area (Å²) in [5.41, 5.74) is 1.20. The number of furan rings is 1. The average molecular weight is 252 g/mol. The first-order valence-corrected chi connectivity index (χ1v) is 5.98. The Balaban J connectivity index is 2.11. The lowest BCUT2D eigenvalue weighted by atomic mass is 10.3. The van der Waals surface area contributed by atoms with Crippen LogP contribution in [0.25, 0.3) is 10.6 Å². The quantitative estimate of drug-likeness (QED) is 0.865. The summed E-state index contributed by atoms with van der Waals surface area (Å²) in [6.45, 7) is 1.63. The van der Waals surface area contributed by atoms with Crippen LogP contribution in [0.1, 0.15) is 17.4 Å².